The van der Waals surface area contributed by atoms with Crippen LogP contribution in [0, 0.1) is 5.92 Å². The number of aromatic nitrogens is 1. The Balaban J connectivity index is 0.00000147. The molecule has 1 aromatic heterocycles. The van der Waals surface area contributed by atoms with Gasteiger partial charge in [0.2, 0.25) is 0 Å². The fourth-order valence-electron chi connectivity index (χ4n) is 3.12. The van der Waals surface area contributed by atoms with Crippen molar-refractivity contribution >= 4 is 18.2 Å². The predicted molar refractivity (Wildman–Crippen MR) is 84.2 cm³/mol. The fourth-order valence-corrected chi connectivity index (χ4v) is 3.12. The van der Waals surface area contributed by atoms with Crippen molar-refractivity contribution in [1.82, 2.24) is 20.9 Å². The topological polar surface area (TPSA) is 75.0 Å². The first-order chi connectivity index (χ1) is 9.31. The summed E-state index contributed by atoms with van der Waals surface area (Å²) in [4.78, 5) is 4.41. The number of pyridine rings is 1. The number of rotatable bonds is 4. The molecule has 0 spiro atoms. The fraction of sp³-hybridized carbons (Fsp3) is 0.643. The standard InChI is InChI=1S/C14H23N5.ClH/c15-14-3-1-2-11(19-14)6-10-7-17-9-13(10)18-12-4-5-16-8-12;/h1-3,10,12-13,16-18H,4-9H2,(H2,15,19);1H/t10-,12-,13-;/m0./s1. The second-order valence-corrected chi connectivity index (χ2v) is 5.64. The van der Waals surface area contributed by atoms with E-state index in [9.17, 15) is 0 Å². The van der Waals surface area contributed by atoms with Gasteiger partial charge in [-0.15, -0.1) is 12.4 Å². The number of anilines is 1. The number of nitrogens with one attached hydrogen (secondary N) is 3. The zero-order valence-corrected chi connectivity index (χ0v) is 12.5. The molecule has 2 saturated heterocycles. The molecule has 20 heavy (non-hydrogen) atoms. The summed E-state index contributed by atoms with van der Waals surface area (Å²) in [6.07, 6.45) is 2.23. The van der Waals surface area contributed by atoms with Gasteiger partial charge in [0.1, 0.15) is 5.82 Å². The quantitative estimate of drug-likeness (QED) is 0.637. The Morgan fingerprint density at radius 3 is 2.90 bits per heavy atom. The van der Waals surface area contributed by atoms with Gasteiger partial charge >= 0.3 is 0 Å². The van der Waals surface area contributed by atoms with Crippen LogP contribution in [0.1, 0.15) is 12.1 Å². The summed E-state index contributed by atoms with van der Waals surface area (Å²) >= 11 is 0. The zero-order chi connectivity index (χ0) is 13.1. The zero-order valence-electron chi connectivity index (χ0n) is 11.6. The Labute approximate surface area is 126 Å². The van der Waals surface area contributed by atoms with Crippen molar-refractivity contribution in [3.05, 3.63) is 23.9 Å². The summed E-state index contributed by atoms with van der Waals surface area (Å²) in [5, 5.41) is 10.7. The van der Waals surface area contributed by atoms with Crippen LogP contribution in [-0.2, 0) is 6.42 Å². The van der Waals surface area contributed by atoms with Gasteiger partial charge in [-0.05, 0) is 44.0 Å². The van der Waals surface area contributed by atoms with E-state index in [1.807, 2.05) is 12.1 Å². The summed E-state index contributed by atoms with van der Waals surface area (Å²) in [5.74, 6) is 1.22. The van der Waals surface area contributed by atoms with Gasteiger partial charge in [-0.1, -0.05) is 6.07 Å². The predicted octanol–water partition coefficient (Wildman–Crippen LogP) is 0.168. The van der Waals surface area contributed by atoms with Gasteiger partial charge in [-0.25, -0.2) is 4.98 Å². The highest BCUT2D eigenvalue weighted by Crippen LogP contribution is 2.17. The van der Waals surface area contributed by atoms with Crippen molar-refractivity contribution in [3.8, 4) is 0 Å². The van der Waals surface area contributed by atoms with Gasteiger partial charge in [-0.2, -0.15) is 0 Å². The van der Waals surface area contributed by atoms with Crippen molar-refractivity contribution in [3.63, 3.8) is 0 Å². The third kappa shape index (κ3) is 3.82. The average Bonchev–Trinajstić information content (AvgIpc) is 3.03. The molecule has 0 unspecified atom stereocenters. The van der Waals surface area contributed by atoms with E-state index in [-0.39, 0.29) is 12.4 Å². The van der Waals surface area contributed by atoms with Gasteiger partial charge in [-0.3, -0.25) is 0 Å². The number of halogens is 1. The molecule has 0 aromatic carbocycles. The second-order valence-electron chi connectivity index (χ2n) is 5.64. The van der Waals surface area contributed by atoms with Crippen LogP contribution in [0.15, 0.2) is 18.2 Å². The first-order valence-corrected chi connectivity index (χ1v) is 7.20. The maximum absolute atomic E-state index is 5.75. The van der Waals surface area contributed by atoms with E-state index in [0.717, 1.165) is 38.3 Å². The molecule has 2 fully saturated rings. The number of nitrogens with two attached hydrogens (primary N) is 1. The highest BCUT2D eigenvalue weighted by atomic mass is 35.5. The molecule has 3 rings (SSSR count). The minimum atomic E-state index is 0. The molecule has 5 nitrogen and oxygen atoms in total. The van der Waals surface area contributed by atoms with Gasteiger partial charge in [0, 0.05) is 30.9 Å². The lowest BCUT2D eigenvalue weighted by Gasteiger charge is -2.23. The average molecular weight is 298 g/mol. The first kappa shape index (κ1) is 15.5. The monoisotopic (exact) mass is 297 g/mol. The molecule has 5 N–H and O–H groups in total. The van der Waals surface area contributed by atoms with Crippen molar-refractivity contribution < 1.29 is 0 Å². The Bertz CT molecular complexity index is 422. The summed E-state index contributed by atoms with van der Waals surface area (Å²) in [6.45, 7) is 4.36. The third-order valence-electron chi connectivity index (χ3n) is 4.15. The number of nitrogen functional groups attached to an aromatic ring is 1. The molecule has 2 aliphatic rings. The van der Waals surface area contributed by atoms with Crippen LogP contribution in [0.2, 0.25) is 0 Å². The van der Waals surface area contributed by atoms with E-state index in [2.05, 4.69) is 27.0 Å². The van der Waals surface area contributed by atoms with E-state index in [0.29, 0.717) is 23.8 Å². The van der Waals surface area contributed by atoms with E-state index in [1.165, 1.54) is 6.42 Å². The van der Waals surface area contributed by atoms with Crippen molar-refractivity contribution in [2.45, 2.75) is 24.9 Å². The number of hydrogen-bond acceptors (Lipinski definition) is 5. The highest BCUT2D eigenvalue weighted by Gasteiger charge is 2.30. The second kappa shape index (κ2) is 7.22. The first-order valence-electron chi connectivity index (χ1n) is 7.20. The molecule has 0 saturated carbocycles. The lowest BCUT2D eigenvalue weighted by atomic mass is 9.96. The van der Waals surface area contributed by atoms with E-state index < -0.39 is 0 Å². The highest BCUT2D eigenvalue weighted by molar-refractivity contribution is 5.85. The van der Waals surface area contributed by atoms with Crippen LogP contribution >= 0.6 is 12.4 Å². The molecule has 2 aliphatic heterocycles. The van der Waals surface area contributed by atoms with Crippen molar-refractivity contribution in [2.75, 3.05) is 31.9 Å². The molecular formula is C14H24ClN5. The molecule has 0 amide bonds. The van der Waals surface area contributed by atoms with E-state index >= 15 is 0 Å². The minimum Gasteiger partial charge on any atom is -0.384 e. The maximum Gasteiger partial charge on any atom is 0.123 e. The van der Waals surface area contributed by atoms with Gasteiger partial charge in [0.25, 0.3) is 0 Å². The smallest absolute Gasteiger partial charge is 0.123 e. The summed E-state index contributed by atoms with van der Waals surface area (Å²) in [7, 11) is 0. The Kier molecular flexibility index (Phi) is 5.60. The number of nitrogens with zero attached hydrogens (tertiary/aromatic N) is 1. The third-order valence-corrected chi connectivity index (χ3v) is 4.15. The lowest BCUT2D eigenvalue weighted by Crippen LogP contribution is -2.44. The maximum atomic E-state index is 5.75. The molecule has 3 heterocycles. The summed E-state index contributed by atoms with van der Waals surface area (Å²) in [6, 6.07) is 7.08. The molecule has 3 atom stereocenters. The van der Waals surface area contributed by atoms with Gasteiger partial charge in [0.05, 0.1) is 0 Å². The molecule has 6 heteroatoms. The minimum absolute atomic E-state index is 0. The Morgan fingerprint density at radius 1 is 1.25 bits per heavy atom. The van der Waals surface area contributed by atoms with Crippen LogP contribution in [0.5, 0.6) is 0 Å². The van der Waals surface area contributed by atoms with Gasteiger partial charge in [0.15, 0.2) is 0 Å². The van der Waals surface area contributed by atoms with Crippen LogP contribution in [-0.4, -0.2) is 43.2 Å². The Morgan fingerprint density at radius 2 is 2.15 bits per heavy atom. The van der Waals surface area contributed by atoms with Crippen molar-refractivity contribution in [2.24, 2.45) is 5.92 Å². The molecule has 0 radical (unpaired) electrons. The van der Waals surface area contributed by atoms with E-state index in [4.69, 9.17) is 5.73 Å². The summed E-state index contributed by atoms with van der Waals surface area (Å²) < 4.78 is 0. The lowest BCUT2D eigenvalue weighted by molar-refractivity contribution is 0.381. The Hall–Kier alpha value is -0.880. The molecular weight excluding hydrogens is 274 g/mol. The van der Waals surface area contributed by atoms with Crippen LogP contribution in [0.25, 0.3) is 0 Å². The molecule has 112 valence electrons. The molecule has 0 bridgehead atoms. The van der Waals surface area contributed by atoms with Crippen LogP contribution in [0.3, 0.4) is 0 Å². The largest absolute Gasteiger partial charge is 0.384 e. The van der Waals surface area contributed by atoms with Crippen molar-refractivity contribution in [1.29, 1.82) is 0 Å². The van der Waals surface area contributed by atoms with Crippen LogP contribution in [0.4, 0.5) is 5.82 Å². The normalized spacial score (nSPS) is 29.3. The number of hydrogen-bond donors (Lipinski definition) is 4. The molecule has 1 aromatic rings. The van der Waals surface area contributed by atoms with Gasteiger partial charge < -0.3 is 21.7 Å². The summed E-state index contributed by atoms with van der Waals surface area (Å²) in [5.41, 5.74) is 6.85. The van der Waals surface area contributed by atoms with Crippen LogP contribution < -0.4 is 21.7 Å². The SMILES string of the molecule is Cl.Nc1cccc(C[C@H]2CNC[C@@H]2N[C@H]2CCNC2)n1. The van der Waals surface area contributed by atoms with E-state index in [1.54, 1.807) is 0 Å². The molecule has 0 aliphatic carbocycles.